The molecule has 0 bridgehead atoms. The lowest BCUT2D eigenvalue weighted by Gasteiger charge is -2.28. The largest absolute Gasteiger partial charge is 0.480 e. The summed E-state index contributed by atoms with van der Waals surface area (Å²) in [5, 5.41) is 89.5. The van der Waals surface area contributed by atoms with Crippen LogP contribution in [0.4, 0.5) is 0 Å². The number of benzene rings is 1. The average Bonchev–Trinajstić information content (AvgIpc) is 0.859. The summed E-state index contributed by atoms with van der Waals surface area (Å²) in [4.78, 5) is 239. The number of rotatable bonds is 56. The zero-order valence-electron chi connectivity index (χ0n) is 72.6. The van der Waals surface area contributed by atoms with Crippen molar-refractivity contribution in [2.45, 2.75) is 290 Å². The number of carboxylic acid groups (broad SMARTS) is 1. The van der Waals surface area contributed by atoms with Gasteiger partial charge >= 0.3 is 5.97 Å². The Labute approximate surface area is 710 Å². The molecule has 0 heterocycles. The summed E-state index contributed by atoms with van der Waals surface area (Å²) in [6.45, 7) is 22.3. The Bertz CT molecular complexity index is 3710. The molecule has 122 heavy (non-hydrogen) atoms. The normalized spacial score (nSPS) is 15.6. The predicted octanol–water partition coefficient (Wildman–Crippen LogP) is -6.99. The Balaban J connectivity index is 3.30. The van der Waals surface area contributed by atoms with Crippen LogP contribution in [0.5, 0.6) is 0 Å². The number of aliphatic hydroxyl groups is 4. The van der Waals surface area contributed by atoms with E-state index in [0.29, 0.717) is 17.9 Å². The summed E-state index contributed by atoms with van der Waals surface area (Å²) < 4.78 is 0. The highest BCUT2D eigenvalue weighted by molar-refractivity contribution is 6.01. The van der Waals surface area contributed by atoms with Crippen LogP contribution in [-0.2, 0) is 87.9 Å². The van der Waals surface area contributed by atoms with Gasteiger partial charge in [-0.05, 0) is 136 Å². The summed E-state index contributed by atoms with van der Waals surface area (Å²) in [6, 6.07) is -15.4. The van der Waals surface area contributed by atoms with Gasteiger partial charge in [0.25, 0.3) is 0 Å². The highest BCUT2D eigenvalue weighted by Gasteiger charge is 2.39. The van der Waals surface area contributed by atoms with Crippen LogP contribution in [-0.4, -0.2) is 273 Å². The molecule has 29 N–H and O–H groups in total. The Kier molecular flexibility index (Phi) is 49.4. The Morgan fingerprint density at radius 2 is 0.590 bits per heavy atom. The number of aliphatic hydroxyl groups excluding tert-OH is 4. The van der Waals surface area contributed by atoms with Gasteiger partial charge in [-0.3, -0.25) is 86.7 Å². The SMILES string of the molecule is CC(C)CCCC(=O)N[C@@H](CC(C)C)C(=O)N[C@@H](CO)C(=O)N[C@H](C(=O)N[C@@H](C)C(=O)N[C@@H](C)C(=O)N[C@H](C(=O)N[C@@H](C)C(=O)N[C@@H](CCCN=C(N)N)C(=O)N[C@@H](CC(C)C)C(=O)N[C@@H](C)C(=O)N[C@@H](C)C(=O)N[C@@H](Cc1ccccc1)C(=O)N[C@@H](CC(C)C)C(=O)N[C@@H](C)C(=O)N[C@@H](CCCN=C(N)N)C(=O)N[C@@H](CO)C(=O)O)[C@@H](C)O)[C@@H](C)O. The second-order valence-corrected chi connectivity index (χ2v) is 31.8. The fraction of sp³-hybridized carbons (Fsp3) is 0.679. The van der Waals surface area contributed by atoms with Gasteiger partial charge < -0.3 is 134 Å². The number of nitrogens with zero attached hydrogens (tertiary/aromatic N) is 2. The van der Waals surface area contributed by atoms with Gasteiger partial charge in [-0.25, -0.2) is 4.79 Å². The van der Waals surface area contributed by atoms with Gasteiger partial charge in [0.05, 0.1) is 25.4 Å². The van der Waals surface area contributed by atoms with Crippen molar-refractivity contribution in [3.05, 3.63) is 35.9 Å². The van der Waals surface area contributed by atoms with E-state index in [1.54, 1.807) is 58.0 Å². The van der Waals surface area contributed by atoms with E-state index in [1.165, 1.54) is 41.5 Å². The summed E-state index contributed by atoms with van der Waals surface area (Å²) in [5.74, 6) is -17.2. The van der Waals surface area contributed by atoms with Crippen LogP contribution in [0.2, 0.25) is 0 Å². The molecule has 0 aromatic heterocycles. The minimum Gasteiger partial charge on any atom is -0.480 e. The first-order chi connectivity index (χ1) is 56.9. The maximum atomic E-state index is 14.4. The van der Waals surface area contributed by atoms with Crippen molar-refractivity contribution in [2.24, 2.45) is 56.6 Å². The average molecular weight is 1730 g/mol. The minimum absolute atomic E-state index is 0.00146. The van der Waals surface area contributed by atoms with Gasteiger partial charge in [-0.15, -0.1) is 0 Å². The number of nitrogens with two attached hydrogens (primary N) is 4. The van der Waals surface area contributed by atoms with Crippen molar-refractivity contribution in [2.75, 3.05) is 26.3 Å². The van der Waals surface area contributed by atoms with Gasteiger partial charge in [0.1, 0.15) is 96.7 Å². The molecule has 44 heteroatoms. The van der Waals surface area contributed by atoms with Crippen LogP contribution in [0.25, 0.3) is 0 Å². The summed E-state index contributed by atoms with van der Waals surface area (Å²) in [5.41, 5.74) is 22.4. The number of carboxylic acids is 1. The first-order valence-corrected chi connectivity index (χ1v) is 40.7. The van der Waals surface area contributed by atoms with E-state index in [0.717, 1.165) is 20.3 Å². The van der Waals surface area contributed by atoms with Crippen molar-refractivity contribution in [1.82, 2.24) is 85.1 Å². The zero-order valence-corrected chi connectivity index (χ0v) is 72.6. The van der Waals surface area contributed by atoms with E-state index < -0.39 is 223 Å². The first kappa shape index (κ1) is 109. The molecule has 0 aliphatic heterocycles. The van der Waals surface area contributed by atoms with Crippen LogP contribution >= 0.6 is 0 Å². The summed E-state index contributed by atoms with van der Waals surface area (Å²) >= 11 is 0. The molecule has 0 spiro atoms. The monoisotopic (exact) mass is 1730 g/mol. The first-order valence-electron chi connectivity index (χ1n) is 40.7. The lowest BCUT2D eigenvalue weighted by atomic mass is 10.0. The maximum absolute atomic E-state index is 14.4. The Hall–Kier alpha value is -11.4. The molecule has 16 amide bonds. The van der Waals surface area contributed by atoms with Crippen molar-refractivity contribution >= 4 is 112 Å². The molecule has 0 fully saturated rings. The molecule has 1 rings (SSSR count). The van der Waals surface area contributed by atoms with Crippen LogP contribution in [0.15, 0.2) is 40.3 Å². The van der Waals surface area contributed by atoms with Crippen molar-refractivity contribution in [1.29, 1.82) is 0 Å². The van der Waals surface area contributed by atoms with Crippen molar-refractivity contribution < 1.29 is 107 Å². The number of carbonyl (C=O) groups is 17. The topological polar surface area (TPSA) is 713 Å². The summed E-state index contributed by atoms with van der Waals surface area (Å²) in [7, 11) is 0. The van der Waals surface area contributed by atoms with E-state index in [-0.39, 0.29) is 101 Å². The lowest BCUT2D eigenvalue weighted by molar-refractivity contribution is -0.143. The number of aliphatic imine (C=N–C) groups is 2. The molecular weight excluding hydrogens is 1600 g/mol. The van der Waals surface area contributed by atoms with Crippen LogP contribution in [0, 0.1) is 23.7 Å². The Morgan fingerprint density at radius 1 is 0.311 bits per heavy atom. The van der Waals surface area contributed by atoms with Crippen LogP contribution in [0.1, 0.15) is 181 Å². The molecule has 0 unspecified atom stereocenters. The molecule has 0 aliphatic rings. The maximum Gasteiger partial charge on any atom is 0.328 e. The zero-order chi connectivity index (χ0) is 93.1. The molecule has 0 aliphatic carbocycles. The minimum atomic E-state index is -1.81. The smallest absolute Gasteiger partial charge is 0.328 e. The van der Waals surface area contributed by atoms with Gasteiger partial charge in [-0.1, -0.05) is 92.1 Å². The second-order valence-electron chi connectivity index (χ2n) is 31.8. The Morgan fingerprint density at radius 3 is 0.934 bits per heavy atom. The molecule has 688 valence electrons. The number of aliphatic carboxylic acids is 1. The molecule has 0 saturated carbocycles. The van der Waals surface area contributed by atoms with Gasteiger partial charge in [0, 0.05) is 25.9 Å². The van der Waals surface area contributed by atoms with Gasteiger partial charge in [0.2, 0.25) is 94.5 Å². The number of guanidine groups is 2. The second kappa shape index (κ2) is 55.5. The number of hydrogen-bond donors (Lipinski definition) is 25. The molecule has 1 aromatic carbocycles. The number of hydrogen-bond acceptors (Lipinski definition) is 23. The molecule has 1 aromatic rings. The number of amides is 16. The molecule has 0 saturated heterocycles. The van der Waals surface area contributed by atoms with Crippen molar-refractivity contribution in [3.63, 3.8) is 0 Å². The molecule has 18 atom stereocenters. The number of carbonyl (C=O) groups excluding carboxylic acids is 16. The highest BCUT2D eigenvalue weighted by atomic mass is 16.4. The number of nitrogens with one attached hydrogen (secondary N) is 16. The standard InChI is InChI=1S/C78H134N22O22/c1-37(2)23-20-28-58(105)91-52(31-38(3)4)71(116)97-56(35-101)73(118)100-60(48(16)104)75(120)89-42(10)62(107)86-46(14)66(111)99-59(47(15)103)74(119)90-45(13)64(109)92-50(26-21-29-83-77(79)80)67(112)95-53(32-39(5)6)69(114)87-41(9)61(106)85-43(11)65(110)94-55(34-49-24-18-17-19-25-49)72(117)96-54(33-40(7)8)70(115)88-44(12)63(108)93-51(27-22-30-84-78(81)82)68(113)98-57(36-102)76(121)122/h17-19,24-25,37-48,50-57,59-60,101-104H,20-23,26-36H2,1-16H3,(H,85,106)(H,86,107)(H,87,114)(H,88,115)(H,89,120)(H,90,119)(H,91,105)(H,92,109)(H,93,108)(H,94,110)(H,95,112)(H,96,117)(H,97,116)(H,98,113)(H,99,111)(H,100,118)(H,121,122)(H4,79,80,83)(H4,81,82,84)/t41-,42-,43-,44-,45-,46-,47+,48+,50-,51-,52-,53-,54-,55-,56-,57-,59-,60-/m0/s1. The van der Waals surface area contributed by atoms with Gasteiger partial charge in [-0.2, -0.15) is 0 Å². The van der Waals surface area contributed by atoms with E-state index in [1.807, 2.05) is 27.7 Å². The van der Waals surface area contributed by atoms with E-state index >= 15 is 0 Å². The summed E-state index contributed by atoms with van der Waals surface area (Å²) in [6.07, 6.45) is -1.93. The molecular formula is C78H134N22O22. The van der Waals surface area contributed by atoms with Crippen LogP contribution in [0.3, 0.4) is 0 Å². The van der Waals surface area contributed by atoms with Crippen LogP contribution < -0.4 is 108 Å². The third-order valence-electron chi connectivity index (χ3n) is 18.5. The highest BCUT2D eigenvalue weighted by Crippen LogP contribution is 2.15. The molecule has 0 radical (unpaired) electrons. The van der Waals surface area contributed by atoms with Crippen molar-refractivity contribution in [3.8, 4) is 0 Å². The molecule has 44 nitrogen and oxygen atoms in total. The third kappa shape index (κ3) is 42.2. The predicted molar refractivity (Wildman–Crippen MR) is 447 cm³/mol. The quantitative estimate of drug-likeness (QED) is 0.0164. The fourth-order valence-electron chi connectivity index (χ4n) is 11.7. The van der Waals surface area contributed by atoms with Gasteiger partial charge in [0.15, 0.2) is 11.9 Å². The van der Waals surface area contributed by atoms with E-state index in [2.05, 4.69) is 95.1 Å². The van der Waals surface area contributed by atoms with E-state index in [4.69, 9.17) is 22.9 Å². The third-order valence-corrected chi connectivity index (χ3v) is 18.5. The van der Waals surface area contributed by atoms with E-state index in [9.17, 15) is 107 Å². The lowest BCUT2D eigenvalue weighted by Crippen LogP contribution is -2.62. The fourth-order valence-corrected chi connectivity index (χ4v) is 11.7.